The number of hydrogen-bond donors (Lipinski definition) is 0. The quantitative estimate of drug-likeness (QED) is 0.809. The van der Waals surface area contributed by atoms with Gasteiger partial charge in [-0.1, -0.05) is 29.8 Å². The summed E-state index contributed by atoms with van der Waals surface area (Å²) in [6.45, 7) is 4.13. The average Bonchev–Trinajstić information content (AvgIpc) is 2.93. The van der Waals surface area contributed by atoms with E-state index in [0.717, 1.165) is 12.0 Å². The third-order valence-electron chi connectivity index (χ3n) is 4.84. The van der Waals surface area contributed by atoms with E-state index in [0.29, 0.717) is 48.1 Å². The molecule has 0 unspecified atom stereocenters. The Morgan fingerprint density at radius 1 is 0.926 bits per heavy atom. The molecule has 0 radical (unpaired) electrons. The second-order valence-corrected chi connectivity index (χ2v) is 7.03. The molecule has 1 saturated heterocycles. The number of ether oxygens (including phenoxy) is 1. The molecule has 0 N–H and O–H groups in total. The highest BCUT2D eigenvalue weighted by Crippen LogP contribution is 2.24. The Hall–Kier alpha value is -2.53. The monoisotopic (exact) mass is 386 g/mol. The number of aryl methyl sites for hydroxylation is 1. The first kappa shape index (κ1) is 19.2. The van der Waals surface area contributed by atoms with Gasteiger partial charge in [0.05, 0.1) is 12.7 Å². The van der Waals surface area contributed by atoms with E-state index in [-0.39, 0.29) is 11.8 Å². The van der Waals surface area contributed by atoms with Crippen molar-refractivity contribution in [1.82, 2.24) is 9.80 Å². The maximum absolute atomic E-state index is 13.0. The molecular formula is C21H23ClN2O3. The molecule has 1 aliphatic heterocycles. The summed E-state index contributed by atoms with van der Waals surface area (Å²) in [5.41, 5.74) is 2.13. The molecule has 1 heterocycles. The number of carbonyl (C=O) groups is 2. The molecule has 142 valence electrons. The van der Waals surface area contributed by atoms with E-state index in [1.807, 2.05) is 36.1 Å². The highest BCUT2D eigenvalue weighted by Gasteiger charge is 2.25. The molecule has 0 bridgehead atoms. The van der Waals surface area contributed by atoms with E-state index in [9.17, 15) is 9.59 Å². The van der Waals surface area contributed by atoms with Crippen molar-refractivity contribution in [2.75, 3.05) is 33.3 Å². The van der Waals surface area contributed by atoms with Crippen LogP contribution in [0.1, 0.15) is 32.7 Å². The zero-order valence-electron chi connectivity index (χ0n) is 15.6. The molecule has 3 rings (SSSR count). The number of benzene rings is 2. The van der Waals surface area contributed by atoms with Crippen LogP contribution in [0.15, 0.2) is 42.5 Å². The Bertz CT molecular complexity index is 853. The van der Waals surface area contributed by atoms with E-state index in [4.69, 9.17) is 16.3 Å². The van der Waals surface area contributed by atoms with Gasteiger partial charge >= 0.3 is 0 Å². The number of carbonyl (C=O) groups excluding carboxylic acids is 2. The predicted octanol–water partition coefficient (Wildman–Crippen LogP) is 3.65. The molecule has 5 nitrogen and oxygen atoms in total. The third-order valence-corrected chi connectivity index (χ3v) is 5.07. The van der Waals surface area contributed by atoms with Crippen molar-refractivity contribution < 1.29 is 14.3 Å². The molecule has 1 fully saturated rings. The van der Waals surface area contributed by atoms with Gasteiger partial charge in [0, 0.05) is 36.8 Å². The van der Waals surface area contributed by atoms with Crippen molar-refractivity contribution in [3.8, 4) is 5.75 Å². The lowest BCUT2D eigenvalue weighted by Crippen LogP contribution is -2.37. The summed E-state index contributed by atoms with van der Waals surface area (Å²) in [6, 6.07) is 12.6. The van der Waals surface area contributed by atoms with E-state index < -0.39 is 0 Å². The maximum atomic E-state index is 13.0. The minimum Gasteiger partial charge on any atom is -0.496 e. The fourth-order valence-corrected chi connectivity index (χ4v) is 3.50. The molecule has 0 saturated carbocycles. The molecule has 6 heteroatoms. The lowest BCUT2D eigenvalue weighted by molar-refractivity contribution is 0.0716. The number of amides is 2. The van der Waals surface area contributed by atoms with Gasteiger partial charge < -0.3 is 14.5 Å². The van der Waals surface area contributed by atoms with Gasteiger partial charge in [-0.15, -0.1) is 0 Å². The summed E-state index contributed by atoms with van der Waals surface area (Å²) >= 11 is 6.06. The minimum absolute atomic E-state index is 0.0164. The molecule has 0 atom stereocenters. The van der Waals surface area contributed by atoms with Crippen LogP contribution in [0.2, 0.25) is 5.02 Å². The van der Waals surface area contributed by atoms with Crippen molar-refractivity contribution in [3.05, 3.63) is 64.2 Å². The Kier molecular flexibility index (Phi) is 6.01. The van der Waals surface area contributed by atoms with Gasteiger partial charge in [-0.25, -0.2) is 0 Å². The standard InChI is InChI=1S/C21H23ClN2O3/c1-15-6-3-4-7-17(15)20(25)23-10-5-11-24(13-12-23)21(26)18-14-16(22)8-9-19(18)27-2/h3-4,6-9,14H,5,10-13H2,1-2H3. The molecule has 2 amide bonds. The number of nitrogens with zero attached hydrogens (tertiary/aromatic N) is 2. The maximum Gasteiger partial charge on any atom is 0.257 e. The fourth-order valence-electron chi connectivity index (χ4n) is 3.32. The molecule has 2 aromatic carbocycles. The summed E-state index contributed by atoms with van der Waals surface area (Å²) in [5.74, 6) is 0.392. The van der Waals surface area contributed by atoms with Crippen LogP contribution < -0.4 is 4.74 Å². The van der Waals surface area contributed by atoms with Gasteiger partial charge in [0.15, 0.2) is 0 Å². The van der Waals surface area contributed by atoms with Crippen molar-refractivity contribution in [3.63, 3.8) is 0 Å². The van der Waals surface area contributed by atoms with E-state index in [1.54, 1.807) is 23.1 Å². The number of rotatable bonds is 3. The van der Waals surface area contributed by atoms with Gasteiger partial charge in [0.25, 0.3) is 11.8 Å². The van der Waals surface area contributed by atoms with Gasteiger partial charge in [0.1, 0.15) is 5.75 Å². The van der Waals surface area contributed by atoms with Crippen LogP contribution >= 0.6 is 11.6 Å². The first-order valence-electron chi connectivity index (χ1n) is 8.99. The molecule has 0 aliphatic carbocycles. The predicted molar refractivity (Wildman–Crippen MR) is 106 cm³/mol. The first-order valence-corrected chi connectivity index (χ1v) is 9.37. The Morgan fingerprint density at radius 2 is 1.56 bits per heavy atom. The second kappa shape index (κ2) is 8.44. The summed E-state index contributed by atoms with van der Waals surface area (Å²) in [6.07, 6.45) is 0.728. The van der Waals surface area contributed by atoms with Crippen LogP contribution in [-0.4, -0.2) is 54.9 Å². The topological polar surface area (TPSA) is 49.9 Å². The lowest BCUT2D eigenvalue weighted by atomic mass is 10.1. The summed E-state index contributed by atoms with van der Waals surface area (Å²) in [7, 11) is 1.53. The summed E-state index contributed by atoms with van der Waals surface area (Å²) in [4.78, 5) is 29.4. The van der Waals surface area contributed by atoms with Crippen LogP contribution in [0.25, 0.3) is 0 Å². The SMILES string of the molecule is COc1ccc(Cl)cc1C(=O)N1CCCN(C(=O)c2ccccc2C)CC1. The third kappa shape index (κ3) is 4.25. The highest BCUT2D eigenvalue weighted by molar-refractivity contribution is 6.31. The Morgan fingerprint density at radius 3 is 2.19 bits per heavy atom. The Labute approximate surface area is 164 Å². The fraction of sp³-hybridized carbons (Fsp3) is 0.333. The first-order chi connectivity index (χ1) is 13.0. The van der Waals surface area contributed by atoms with Gasteiger partial charge in [-0.2, -0.15) is 0 Å². The van der Waals surface area contributed by atoms with Crippen LogP contribution in [0.4, 0.5) is 0 Å². The van der Waals surface area contributed by atoms with Crippen molar-refractivity contribution in [2.24, 2.45) is 0 Å². The van der Waals surface area contributed by atoms with Crippen LogP contribution in [0.3, 0.4) is 0 Å². The number of hydrogen-bond acceptors (Lipinski definition) is 3. The zero-order chi connectivity index (χ0) is 19.4. The van der Waals surface area contributed by atoms with E-state index in [2.05, 4.69) is 0 Å². The van der Waals surface area contributed by atoms with Crippen molar-refractivity contribution >= 4 is 23.4 Å². The van der Waals surface area contributed by atoms with Gasteiger partial charge in [0.2, 0.25) is 0 Å². The largest absolute Gasteiger partial charge is 0.496 e. The zero-order valence-corrected chi connectivity index (χ0v) is 16.3. The van der Waals surface area contributed by atoms with Gasteiger partial charge in [-0.3, -0.25) is 9.59 Å². The molecule has 1 aliphatic rings. The number of halogens is 1. The van der Waals surface area contributed by atoms with Crippen molar-refractivity contribution in [1.29, 1.82) is 0 Å². The summed E-state index contributed by atoms with van der Waals surface area (Å²) in [5, 5.41) is 0.491. The molecular weight excluding hydrogens is 364 g/mol. The van der Waals surface area contributed by atoms with E-state index >= 15 is 0 Å². The highest BCUT2D eigenvalue weighted by atomic mass is 35.5. The van der Waals surface area contributed by atoms with Crippen LogP contribution in [0, 0.1) is 6.92 Å². The smallest absolute Gasteiger partial charge is 0.257 e. The van der Waals surface area contributed by atoms with Crippen molar-refractivity contribution in [2.45, 2.75) is 13.3 Å². The van der Waals surface area contributed by atoms with Crippen LogP contribution in [-0.2, 0) is 0 Å². The molecule has 27 heavy (non-hydrogen) atoms. The average molecular weight is 387 g/mol. The van der Waals surface area contributed by atoms with Gasteiger partial charge in [-0.05, 0) is 43.2 Å². The van der Waals surface area contributed by atoms with E-state index in [1.165, 1.54) is 7.11 Å². The lowest BCUT2D eigenvalue weighted by Gasteiger charge is -2.23. The minimum atomic E-state index is -0.125. The second-order valence-electron chi connectivity index (χ2n) is 6.60. The van der Waals surface area contributed by atoms with Crippen LogP contribution in [0.5, 0.6) is 5.75 Å². The molecule has 0 spiro atoms. The number of methoxy groups -OCH3 is 1. The normalized spacial score (nSPS) is 14.6. The summed E-state index contributed by atoms with van der Waals surface area (Å²) < 4.78 is 5.30. The Balaban J connectivity index is 1.73. The molecule has 2 aromatic rings. The molecule has 0 aromatic heterocycles.